The number of aromatic nitrogens is 1. The van der Waals surface area contributed by atoms with Gasteiger partial charge in [-0.25, -0.2) is 14.6 Å². The highest BCUT2D eigenvalue weighted by Crippen LogP contribution is 2.43. The molecule has 2 atom stereocenters. The average molecular weight is 972 g/mol. The molecule has 0 saturated carbocycles. The second kappa shape index (κ2) is 19.9. The molecule has 2 aliphatic rings. The molecule has 1 saturated heterocycles. The van der Waals surface area contributed by atoms with Gasteiger partial charge >= 0.3 is 22.2 Å². The van der Waals surface area contributed by atoms with Crippen LogP contribution in [0.3, 0.4) is 0 Å². The Bertz CT molecular complexity index is 2830. The van der Waals surface area contributed by atoms with E-state index in [0.29, 0.717) is 27.8 Å². The van der Waals surface area contributed by atoms with Crippen LogP contribution in [-0.2, 0) is 48.6 Å². The fourth-order valence-corrected chi connectivity index (χ4v) is 10.1. The van der Waals surface area contributed by atoms with Crippen molar-refractivity contribution in [3.8, 4) is 0 Å². The highest BCUT2D eigenvalue weighted by molar-refractivity contribution is 8.00. The maximum atomic E-state index is 14.8. The first-order chi connectivity index (χ1) is 32.6. The number of rotatable bonds is 15. The Labute approximate surface area is 401 Å². The predicted molar refractivity (Wildman–Crippen MR) is 258 cm³/mol. The van der Waals surface area contributed by atoms with Gasteiger partial charge in [0.25, 0.3) is 11.8 Å². The number of thiazole rings is 1. The Morgan fingerprint density at radius 3 is 1.76 bits per heavy atom. The molecule has 0 bridgehead atoms. The van der Waals surface area contributed by atoms with E-state index in [-0.39, 0.29) is 28.0 Å². The molecule has 1 unspecified atom stereocenters. The normalized spacial score (nSPS) is 16.3. The van der Waals surface area contributed by atoms with Crippen LogP contribution in [0.5, 0.6) is 0 Å². The van der Waals surface area contributed by atoms with E-state index in [1.165, 1.54) is 5.38 Å². The molecule has 3 amide bonds. The van der Waals surface area contributed by atoms with Crippen molar-refractivity contribution < 1.29 is 46.1 Å². The summed E-state index contributed by atoms with van der Waals surface area (Å²) in [6.07, 6.45) is -0.892. The molecule has 0 radical (unpaired) electrons. The number of thioether (sulfide) groups is 1. The van der Waals surface area contributed by atoms with Gasteiger partial charge < -0.3 is 23.8 Å². The number of amides is 3. The lowest BCUT2D eigenvalue weighted by atomic mass is 9.80. The zero-order valence-electron chi connectivity index (χ0n) is 37.1. The number of oxime groups is 1. The SMILES string of the molecule is CC(C)(C)OC(=O)Nc1nc(/C(=N/OC(c2ccccc2)(c2ccccc2)c2ccccc2)C(=O)NC2C(=O)N3C(C(=O)OC(c4ccccc4)c4ccccc4)=C(OS(C)(=O)=O)CS[C@H]23)cs1. The van der Waals surface area contributed by atoms with Gasteiger partial charge in [-0.05, 0) is 31.9 Å². The van der Waals surface area contributed by atoms with Crippen LogP contribution in [-0.4, -0.2) is 76.9 Å². The van der Waals surface area contributed by atoms with E-state index in [4.69, 9.17) is 18.5 Å². The number of fused-ring (bicyclic) bond motifs is 1. The molecule has 2 aliphatic heterocycles. The molecule has 8 rings (SSSR count). The molecule has 5 aromatic carbocycles. The van der Waals surface area contributed by atoms with Crippen molar-refractivity contribution in [2.24, 2.45) is 5.16 Å². The number of nitrogens with one attached hydrogen (secondary N) is 2. The van der Waals surface area contributed by atoms with Gasteiger partial charge in [0.15, 0.2) is 28.4 Å². The molecule has 15 nitrogen and oxygen atoms in total. The highest BCUT2D eigenvalue weighted by Gasteiger charge is 2.56. The first-order valence-corrected chi connectivity index (χ1v) is 24.9. The van der Waals surface area contributed by atoms with E-state index in [0.717, 1.165) is 34.3 Å². The van der Waals surface area contributed by atoms with Gasteiger partial charge in [-0.3, -0.25) is 19.8 Å². The Hall–Kier alpha value is -7.28. The van der Waals surface area contributed by atoms with Gasteiger partial charge in [0.05, 0.1) is 12.0 Å². The zero-order chi connectivity index (χ0) is 48.1. The topological polar surface area (TPSA) is 192 Å². The smallest absolute Gasteiger partial charge is 0.413 e. The molecular formula is C50H45N5O10S3. The Balaban J connectivity index is 1.15. The van der Waals surface area contributed by atoms with Crippen LogP contribution in [0, 0.1) is 0 Å². The minimum atomic E-state index is -4.18. The summed E-state index contributed by atoms with van der Waals surface area (Å²) >= 11 is 2.07. The second-order valence-corrected chi connectivity index (χ2v) is 20.0. The Morgan fingerprint density at radius 2 is 1.28 bits per heavy atom. The fraction of sp³-hybridized carbons (Fsp3) is 0.200. The zero-order valence-corrected chi connectivity index (χ0v) is 39.5. The number of hydrogen-bond acceptors (Lipinski definition) is 14. The second-order valence-electron chi connectivity index (χ2n) is 16.5. The van der Waals surface area contributed by atoms with Crippen LogP contribution in [0.2, 0.25) is 0 Å². The summed E-state index contributed by atoms with van der Waals surface area (Å²) in [5.74, 6) is -3.15. The summed E-state index contributed by atoms with van der Waals surface area (Å²) in [6.45, 7) is 5.14. The van der Waals surface area contributed by atoms with Gasteiger partial charge in [-0.2, -0.15) is 8.42 Å². The van der Waals surface area contributed by atoms with E-state index >= 15 is 0 Å². The van der Waals surface area contributed by atoms with E-state index < -0.39 is 68.4 Å². The van der Waals surface area contributed by atoms with Crippen LogP contribution < -0.4 is 10.6 Å². The molecule has 3 heterocycles. The van der Waals surface area contributed by atoms with E-state index in [1.807, 2.05) is 103 Å². The van der Waals surface area contributed by atoms with Gasteiger partial charge in [0, 0.05) is 22.1 Å². The van der Waals surface area contributed by atoms with E-state index in [1.54, 1.807) is 69.3 Å². The molecule has 1 fully saturated rings. The van der Waals surface area contributed by atoms with Crippen LogP contribution >= 0.6 is 23.1 Å². The number of esters is 1. The number of β-lactam (4-membered cyclic amide) rings is 1. The molecule has 348 valence electrons. The summed E-state index contributed by atoms with van der Waals surface area (Å²) in [5, 5.41) is 10.6. The number of carbonyl (C=O) groups excluding carboxylic acids is 4. The van der Waals surface area contributed by atoms with Crippen LogP contribution in [0.4, 0.5) is 9.93 Å². The highest BCUT2D eigenvalue weighted by atomic mass is 32.2. The lowest BCUT2D eigenvalue weighted by molar-refractivity contribution is -0.154. The van der Waals surface area contributed by atoms with Crippen molar-refractivity contribution in [1.29, 1.82) is 0 Å². The number of anilines is 1. The van der Waals surface area contributed by atoms with Gasteiger partial charge in [0.1, 0.15) is 22.7 Å². The summed E-state index contributed by atoms with van der Waals surface area (Å²) in [5.41, 5.74) is 0.242. The first-order valence-electron chi connectivity index (χ1n) is 21.2. The summed E-state index contributed by atoms with van der Waals surface area (Å²) in [4.78, 5) is 68.6. The van der Waals surface area contributed by atoms with Crippen LogP contribution in [0.25, 0.3) is 0 Å². The lowest BCUT2D eigenvalue weighted by Gasteiger charge is -2.49. The van der Waals surface area contributed by atoms with Crippen LogP contribution in [0.1, 0.15) is 60.4 Å². The molecular weight excluding hydrogens is 927 g/mol. The summed E-state index contributed by atoms with van der Waals surface area (Å²) < 4.78 is 41.9. The van der Waals surface area contributed by atoms with Crippen molar-refractivity contribution in [2.45, 2.75) is 49.5 Å². The monoisotopic (exact) mass is 971 g/mol. The number of nitrogens with zero attached hydrogens (tertiary/aromatic N) is 3. The fourth-order valence-electron chi connectivity index (χ4n) is 7.61. The maximum Gasteiger partial charge on any atom is 0.413 e. The van der Waals surface area contributed by atoms with E-state index in [9.17, 15) is 27.6 Å². The number of ether oxygens (including phenoxy) is 2. The molecule has 68 heavy (non-hydrogen) atoms. The van der Waals surface area contributed by atoms with Gasteiger partial charge in [-0.15, -0.1) is 23.1 Å². The van der Waals surface area contributed by atoms with Gasteiger partial charge in [0.2, 0.25) is 5.60 Å². The molecule has 6 aromatic rings. The third-order valence-corrected chi connectivity index (χ3v) is 13.0. The van der Waals surface area contributed by atoms with Crippen molar-refractivity contribution in [1.82, 2.24) is 15.2 Å². The summed E-state index contributed by atoms with van der Waals surface area (Å²) in [7, 11) is -4.18. The van der Waals surface area contributed by atoms with Gasteiger partial charge in [-0.1, -0.05) is 157 Å². The van der Waals surface area contributed by atoms with E-state index in [2.05, 4.69) is 20.8 Å². The van der Waals surface area contributed by atoms with Crippen molar-refractivity contribution >= 4 is 67.9 Å². The minimum Gasteiger partial charge on any atom is -0.448 e. The quantitative estimate of drug-likeness (QED) is 0.0251. The molecule has 18 heteroatoms. The number of carbonyl (C=O) groups is 4. The molecule has 0 aliphatic carbocycles. The minimum absolute atomic E-state index is 0.0116. The van der Waals surface area contributed by atoms with Crippen molar-refractivity contribution in [3.05, 3.63) is 202 Å². The van der Waals surface area contributed by atoms with Crippen LogP contribution in [0.15, 0.2) is 174 Å². The van der Waals surface area contributed by atoms with Crippen molar-refractivity contribution in [3.63, 3.8) is 0 Å². The summed E-state index contributed by atoms with van der Waals surface area (Å²) in [6, 6.07) is 44.6. The molecule has 2 N–H and O–H groups in total. The Kier molecular flexibility index (Phi) is 13.8. The number of hydrogen-bond donors (Lipinski definition) is 2. The number of benzene rings is 5. The molecule has 0 spiro atoms. The van der Waals surface area contributed by atoms with Crippen molar-refractivity contribution in [2.75, 3.05) is 17.3 Å². The standard InChI is InChI=1S/C50H45N5O10S3/c1-49(2,3)63-48(59)53-47-51-37(30-67-47)39(54-65-50(34-24-14-7-15-25-34,35-26-16-8-17-27-35)36-28-18-9-19-29-36)43(56)52-40-44(57)55-41(38(31-66-45(40)55)64-68(4,60)61)46(58)62-42(32-20-10-5-11-21-32)33-22-12-6-13-23-33/h5-30,40,42,45H,31H2,1-4H3,(H,52,56)(H,51,53,59)/b54-39-/t40?,45-/m1/s1. The third-order valence-electron chi connectivity index (χ3n) is 10.5. The Morgan fingerprint density at radius 1 is 0.779 bits per heavy atom. The average Bonchev–Trinajstić information content (AvgIpc) is 3.78. The first kappa shape index (κ1) is 47.2. The maximum absolute atomic E-state index is 14.8. The lowest BCUT2D eigenvalue weighted by Crippen LogP contribution is -2.71. The third kappa shape index (κ3) is 10.5. The largest absolute Gasteiger partial charge is 0.448 e. The molecule has 1 aromatic heterocycles. The predicted octanol–water partition coefficient (Wildman–Crippen LogP) is 8.12.